The third-order valence-electron chi connectivity index (χ3n) is 2.76. The van der Waals surface area contributed by atoms with Gasteiger partial charge in [0.2, 0.25) is 0 Å². The smallest absolute Gasteiger partial charge is 0.407 e. The molecule has 0 aromatic heterocycles. The maximum Gasteiger partial charge on any atom is 0.407 e. The van der Waals surface area contributed by atoms with E-state index < -0.39 is 11.7 Å². The van der Waals surface area contributed by atoms with Crippen molar-refractivity contribution in [3.8, 4) is 0 Å². The molecular formula is C16H24BrFN4O2. The number of benzene rings is 1. The van der Waals surface area contributed by atoms with Gasteiger partial charge in [0.15, 0.2) is 5.96 Å². The van der Waals surface area contributed by atoms with Crippen molar-refractivity contribution in [1.82, 2.24) is 16.0 Å². The minimum absolute atomic E-state index is 0.292. The SMILES string of the molecule is CN=C(NCCNC(=O)OC(C)(C)C)NCc1cc(F)ccc1Br. The summed E-state index contributed by atoms with van der Waals surface area (Å²) in [5.74, 6) is 0.261. The van der Waals surface area contributed by atoms with Crippen LogP contribution in [0.4, 0.5) is 9.18 Å². The third kappa shape index (κ3) is 8.14. The standard InChI is InChI=1S/C16H24BrFN4O2/c1-16(2,3)24-15(23)21-8-7-20-14(19-4)22-10-11-9-12(18)5-6-13(11)17/h5-6,9H,7-8,10H2,1-4H3,(H,21,23)(H2,19,20,22). The molecule has 24 heavy (non-hydrogen) atoms. The highest BCUT2D eigenvalue weighted by atomic mass is 79.9. The van der Waals surface area contributed by atoms with E-state index in [1.807, 2.05) is 0 Å². The van der Waals surface area contributed by atoms with Crippen molar-refractivity contribution in [2.24, 2.45) is 4.99 Å². The van der Waals surface area contributed by atoms with Gasteiger partial charge in [0.1, 0.15) is 11.4 Å². The number of alkyl carbamates (subject to hydrolysis) is 1. The quantitative estimate of drug-likeness (QED) is 0.402. The van der Waals surface area contributed by atoms with Crippen LogP contribution in [0.25, 0.3) is 0 Å². The first-order chi connectivity index (χ1) is 11.2. The molecule has 0 heterocycles. The monoisotopic (exact) mass is 402 g/mol. The van der Waals surface area contributed by atoms with Crippen LogP contribution in [0.3, 0.4) is 0 Å². The van der Waals surface area contributed by atoms with Crippen LogP contribution in [-0.4, -0.2) is 37.8 Å². The molecule has 0 bridgehead atoms. The van der Waals surface area contributed by atoms with Crippen molar-refractivity contribution in [3.63, 3.8) is 0 Å². The molecule has 0 saturated heterocycles. The summed E-state index contributed by atoms with van der Waals surface area (Å²) in [7, 11) is 1.64. The first kappa shape index (κ1) is 20.2. The van der Waals surface area contributed by atoms with Crippen molar-refractivity contribution < 1.29 is 13.9 Å². The predicted octanol–water partition coefficient (Wildman–Crippen LogP) is 2.78. The molecule has 134 valence electrons. The summed E-state index contributed by atoms with van der Waals surface area (Å²) in [4.78, 5) is 15.6. The van der Waals surface area contributed by atoms with Crippen LogP contribution in [0.5, 0.6) is 0 Å². The summed E-state index contributed by atoms with van der Waals surface area (Å²) < 4.78 is 19.2. The molecule has 1 aromatic rings. The molecule has 0 atom stereocenters. The lowest BCUT2D eigenvalue weighted by molar-refractivity contribution is 0.0529. The molecule has 0 aliphatic heterocycles. The summed E-state index contributed by atoms with van der Waals surface area (Å²) >= 11 is 3.38. The zero-order valence-corrected chi connectivity index (χ0v) is 16.0. The molecule has 8 heteroatoms. The van der Waals surface area contributed by atoms with E-state index in [0.29, 0.717) is 25.6 Å². The fraction of sp³-hybridized carbons (Fsp3) is 0.500. The van der Waals surface area contributed by atoms with Gasteiger partial charge in [0, 0.05) is 31.2 Å². The lowest BCUT2D eigenvalue weighted by Gasteiger charge is -2.20. The van der Waals surface area contributed by atoms with Crippen molar-refractivity contribution in [2.75, 3.05) is 20.1 Å². The van der Waals surface area contributed by atoms with E-state index in [4.69, 9.17) is 4.74 Å². The van der Waals surface area contributed by atoms with Gasteiger partial charge < -0.3 is 20.7 Å². The molecule has 1 amide bonds. The number of nitrogens with one attached hydrogen (secondary N) is 3. The molecule has 0 aliphatic rings. The summed E-state index contributed by atoms with van der Waals surface area (Å²) in [6.45, 7) is 6.70. The van der Waals surface area contributed by atoms with Crippen LogP contribution in [0.2, 0.25) is 0 Å². The topological polar surface area (TPSA) is 74.8 Å². The van der Waals surface area contributed by atoms with Gasteiger partial charge in [-0.3, -0.25) is 4.99 Å². The lowest BCUT2D eigenvalue weighted by Crippen LogP contribution is -2.42. The second kappa shape index (κ2) is 9.46. The van der Waals surface area contributed by atoms with E-state index in [9.17, 15) is 9.18 Å². The van der Waals surface area contributed by atoms with Crippen molar-refractivity contribution in [3.05, 3.63) is 34.1 Å². The molecule has 0 saturated carbocycles. The average molecular weight is 403 g/mol. The number of ether oxygens (including phenoxy) is 1. The summed E-state index contributed by atoms with van der Waals surface area (Å²) in [5.41, 5.74) is 0.262. The van der Waals surface area contributed by atoms with Gasteiger partial charge >= 0.3 is 6.09 Å². The zero-order chi connectivity index (χ0) is 18.2. The zero-order valence-electron chi connectivity index (χ0n) is 14.4. The number of hydrogen-bond acceptors (Lipinski definition) is 3. The van der Waals surface area contributed by atoms with Crippen LogP contribution >= 0.6 is 15.9 Å². The van der Waals surface area contributed by atoms with Crippen LogP contribution in [0, 0.1) is 5.82 Å². The van der Waals surface area contributed by atoms with E-state index in [2.05, 4.69) is 36.9 Å². The summed E-state index contributed by atoms with van der Waals surface area (Å²) in [6.07, 6.45) is -0.462. The van der Waals surface area contributed by atoms with E-state index in [0.717, 1.165) is 10.0 Å². The Balaban J connectivity index is 2.33. The van der Waals surface area contributed by atoms with Gasteiger partial charge in [0.25, 0.3) is 0 Å². The molecule has 0 aliphatic carbocycles. The van der Waals surface area contributed by atoms with Gasteiger partial charge in [-0.15, -0.1) is 0 Å². The van der Waals surface area contributed by atoms with E-state index in [1.54, 1.807) is 33.9 Å². The van der Waals surface area contributed by atoms with Gasteiger partial charge in [-0.2, -0.15) is 0 Å². The van der Waals surface area contributed by atoms with Crippen LogP contribution in [0.1, 0.15) is 26.3 Å². The maximum absolute atomic E-state index is 13.2. The van der Waals surface area contributed by atoms with Crippen molar-refractivity contribution in [1.29, 1.82) is 0 Å². The fourth-order valence-electron chi connectivity index (χ4n) is 1.74. The number of nitrogens with zero attached hydrogens (tertiary/aromatic N) is 1. The average Bonchev–Trinajstić information content (AvgIpc) is 2.48. The fourth-order valence-corrected chi connectivity index (χ4v) is 2.12. The molecule has 0 spiro atoms. The van der Waals surface area contributed by atoms with Crippen molar-refractivity contribution in [2.45, 2.75) is 32.9 Å². The number of rotatable bonds is 5. The largest absolute Gasteiger partial charge is 0.444 e. The highest BCUT2D eigenvalue weighted by Crippen LogP contribution is 2.17. The first-order valence-corrected chi connectivity index (χ1v) is 8.36. The molecular weight excluding hydrogens is 379 g/mol. The highest BCUT2D eigenvalue weighted by Gasteiger charge is 2.15. The minimum Gasteiger partial charge on any atom is -0.444 e. The Kier molecular flexibility index (Phi) is 7.97. The van der Waals surface area contributed by atoms with E-state index in [1.165, 1.54) is 12.1 Å². The second-order valence-corrected chi connectivity index (χ2v) is 6.87. The molecule has 3 N–H and O–H groups in total. The Labute approximate surface area is 150 Å². The Morgan fingerprint density at radius 1 is 1.25 bits per heavy atom. The van der Waals surface area contributed by atoms with Crippen LogP contribution in [0.15, 0.2) is 27.7 Å². The van der Waals surface area contributed by atoms with Crippen LogP contribution in [-0.2, 0) is 11.3 Å². The summed E-state index contributed by atoms with van der Waals surface area (Å²) in [6, 6.07) is 4.50. The minimum atomic E-state index is -0.520. The Morgan fingerprint density at radius 2 is 1.92 bits per heavy atom. The molecule has 1 rings (SSSR count). The molecule has 1 aromatic carbocycles. The number of halogens is 2. The van der Waals surface area contributed by atoms with Gasteiger partial charge in [0.05, 0.1) is 0 Å². The number of hydrogen-bond donors (Lipinski definition) is 3. The highest BCUT2D eigenvalue weighted by molar-refractivity contribution is 9.10. The number of aliphatic imine (C=N–C) groups is 1. The van der Waals surface area contributed by atoms with E-state index >= 15 is 0 Å². The number of amides is 1. The normalized spacial score (nSPS) is 11.8. The molecule has 0 radical (unpaired) electrons. The van der Waals surface area contributed by atoms with Gasteiger partial charge in [-0.1, -0.05) is 15.9 Å². The number of carbonyl (C=O) groups excluding carboxylic acids is 1. The molecule has 0 unspecified atom stereocenters. The second-order valence-electron chi connectivity index (χ2n) is 6.02. The maximum atomic E-state index is 13.2. The summed E-state index contributed by atoms with van der Waals surface area (Å²) in [5, 5.41) is 8.78. The number of guanidine groups is 1. The van der Waals surface area contributed by atoms with E-state index in [-0.39, 0.29) is 5.82 Å². The Hall–Kier alpha value is -1.83. The molecule has 0 fully saturated rings. The third-order valence-corrected chi connectivity index (χ3v) is 3.54. The predicted molar refractivity (Wildman–Crippen MR) is 96.5 cm³/mol. The first-order valence-electron chi connectivity index (χ1n) is 7.56. The van der Waals surface area contributed by atoms with Crippen LogP contribution < -0.4 is 16.0 Å². The Morgan fingerprint density at radius 3 is 2.54 bits per heavy atom. The molecule has 6 nitrogen and oxygen atoms in total. The van der Waals surface area contributed by atoms with Gasteiger partial charge in [-0.05, 0) is 44.5 Å². The lowest BCUT2D eigenvalue weighted by atomic mass is 10.2. The van der Waals surface area contributed by atoms with Crippen molar-refractivity contribution >= 4 is 28.0 Å². The number of carbonyl (C=O) groups is 1. The Bertz CT molecular complexity index is 588. The van der Waals surface area contributed by atoms with Gasteiger partial charge in [-0.25, -0.2) is 9.18 Å².